The Morgan fingerprint density at radius 1 is 0.838 bits per heavy atom. The van der Waals surface area contributed by atoms with Crippen LogP contribution in [0.25, 0.3) is 22.0 Å². The molecule has 0 unspecified atom stereocenters. The van der Waals surface area contributed by atoms with Gasteiger partial charge in [-0.25, -0.2) is 9.59 Å². The van der Waals surface area contributed by atoms with Crippen LogP contribution in [0.2, 0.25) is 0 Å². The molecule has 9 heteroatoms. The number of carbonyl (C=O) groups excluding carboxylic acids is 3. The third-order valence-electron chi connectivity index (χ3n) is 5.35. The van der Waals surface area contributed by atoms with Crippen LogP contribution in [0.3, 0.4) is 0 Å². The van der Waals surface area contributed by atoms with Crippen LogP contribution in [0.4, 0.5) is 15.3 Å². The van der Waals surface area contributed by atoms with Gasteiger partial charge in [0.05, 0.1) is 22.9 Å². The highest BCUT2D eigenvalue weighted by Gasteiger charge is 2.27. The Bertz CT molecular complexity index is 1330. The van der Waals surface area contributed by atoms with E-state index in [2.05, 4.69) is 15.7 Å². The number of ether oxygens (including phenoxy) is 2. The third-order valence-corrected chi connectivity index (χ3v) is 5.35. The zero-order chi connectivity index (χ0) is 27.8. The molecule has 0 spiro atoms. The maximum Gasteiger partial charge on any atom is 0.435 e. The molecule has 0 aliphatic carbocycles. The minimum Gasteiger partial charge on any atom is -0.444 e. The smallest absolute Gasteiger partial charge is 0.435 e. The number of benzene rings is 2. The number of anilines is 1. The quantitative estimate of drug-likeness (QED) is 0.434. The number of rotatable bonds is 4. The molecule has 3 rings (SSSR count). The third kappa shape index (κ3) is 6.87. The molecule has 2 amide bonds. The van der Waals surface area contributed by atoms with Crippen molar-refractivity contribution >= 4 is 34.7 Å². The van der Waals surface area contributed by atoms with Crippen molar-refractivity contribution < 1.29 is 23.9 Å². The van der Waals surface area contributed by atoms with Crippen molar-refractivity contribution in [1.29, 1.82) is 0 Å². The van der Waals surface area contributed by atoms with Crippen molar-refractivity contribution in [2.24, 2.45) is 0 Å². The summed E-state index contributed by atoms with van der Waals surface area (Å²) >= 11 is 0. The molecule has 2 N–H and O–H groups in total. The first kappa shape index (κ1) is 27.7. The van der Waals surface area contributed by atoms with Gasteiger partial charge >= 0.3 is 12.2 Å². The zero-order valence-electron chi connectivity index (χ0n) is 23.0. The summed E-state index contributed by atoms with van der Waals surface area (Å²) < 4.78 is 12.0. The minimum absolute atomic E-state index is 0.252. The monoisotopic (exact) mass is 508 g/mol. The number of fused-ring (bicyclic) bond motifs is 1. The molecule has 37 heavy (non-hydrogen) atoms. The number of amides is 2. The van der Waals surface area contributed by atoms with E-state index in [-0.39, 0.29) is 5.91 Å². The van der Waals surface area contributed by atoms with Crippen molar-refractivity contribution in [3.63, 3.8) is 0 Å². The van der Waals surface area contributed by atoms with E-state index in [0.717, 1.165) is 16.7 Å². The summed E-state index contributed by atoms with van der Waals surface area (Å²) in [6.07, 6.45) is 0.436. The van der Waals surface area contributed by atoms with Gasteiger partial charge in [-0.15, -0.1) is 0 Å². The first-order valence-electron chi connectivity index (χ1n) is 12.1. The van der Waals surface area contributed by atoms with Gasteiger partial charge in [-0.3, -0.25) is 4.79 Å². The average Bonchev–Trinajstić information content (AvgIpc) is 3.15. The maximum atomic E-state index is 12.7. The first-order valence-corrected chi connectivity index (χ1v) is 12.1. The molecule has 0 saturated carbocycles. The molecule has 2 aromatic carbocycles. The van der Waals surface area contributed by atoms with Gasteiger partial charge in [0.1, 0.15) is 11.2 Å². The molecule has 0 fully saturated rings. The lowest BCUT2D eigenvalue weighted by Gasteiger charge is -2.29. The summed E-state index contributed by atoms with van der Waals surface area (Å²) in [6, 6.07) is 11.3. The maximum absolute atomic E-state index is 12.7. The number of nitrogens with zero attached hydrogens (tertiary/aromatic N) is 2. The van der Waals surface area contributed by atoms with Gasteiger partial charge in [-0.1, -0.05) is 30.3 Å². The lowest BCUT2D eigenvalue weighted by molar-refractivity contribution is -0.114. The molecule has 1 heterocycles. The number of alkyl carbamates (subject to hydrolysis) is 1. The molecular formula is C28H36N4O5. The number of aromatic nitrogens is 2. The van der Waals surface area contributed by atoms with Gasteiger partial charge < -0.3 is 20.1 Å². The average molecular weight is 509 g/mol. The Morgan fingerprint density at radius 2 is 1.43 bits per heavy atom. The van der Waals surface area contributed by atoms with Crippen LogP contribution in [0.1, 0.15) is 67.9 Å². The number of nitrogens with one attached hydrogen (secondary N) is 2. The number of carbonyl (C=O) groups is 3. The summed E-state index contributed by atoms with van der Waals surface area (Å²) in [6.45, 7) is 16.0. The standard InChI is InChI=1S/C28H36N4O5/c1-17(33)30-23-20(14-15-22-21(23)16-29-32(22)25(35)37-27(5,6)7)18-10-12-19(13-11-18)28(8,9)31-24(34)36-26(2,3)4/h10-16H,1-9H3,(H,30,33)(H,31,34). The molecule has 9 nitrogen and oxygen atoms in total. The molecule has 0 aliphatic heterocycles. The van der Waals surface area contributed by atoms with Gasteiger partial charge in [-0.2, -0.15) is 9.78 Å². The van der Waals surface area contributed by atoms with Crippen molar-refractivity contribution in [2.75, 3.05) is 5.32 Å². The van der Waals surface area contributed by atoms with Crippen LogP contribution in [0.15, 0.2) is 42.6 Å². The van der Waals surface area contributed by atoms with E-state index >= 15 is 0 Å². The second kappa shape index (κ2) is 9.88. The predicted octanol–water partition coefficient (Wildman–Crippen LogP) is 6.20. The minimum atomic E-state index is -0.681. The summed E-state index contributed by atoms with van der Waals surface area (Å²) in [4.78, 5) is 37.1. The normalized spacial score (nSPS) is 12.2. The highest BCUT2D eigenvalue weighted by Crippen LogP contribution is 2.36. The number of hydrogen-bond acceptors (Lipinski definition) is 6. The molecule has 0 bridgehead atoms. The van der Waals surface area contributed by atoms with Crippen LogP contribution in [-0.4, -0.2) is 39.1 Å². The Labute approximate surface area is 217 Å². The summed E-state index contributed by atoms with van der Waals surface area (Å²) in [5, 5.41) is 10.6. The molecule has 0 radical (unpaired) electrons. The fraction of sp³-hybridized carbons (Fsp3) is 0.429. The van der Waals surface area contributed by atoms with E-state index in [0.29, 0.717) is 16.6 Å². The summed E-state index contributed by atoms with van der Waals surface area (Å²) in [5.41, 5.74) is 1.58. The SMILES string of the molecule is CC(=O)Nc1c(-c2ccc(C(C)(C)NC(=O)OC(C)(C)C)cc2)ccc2c1cnn2C(=O)OC(C)(C)C. The van der Waals surface area contributed by atoms with Crippen LogP contribution in [0, 0.1) is 0 Å². The van der Waals surface area contributed by atoms with Gasteiger partial charge in [0.15, 0.2) is 0 Å². The highest BCUT2D eigenvalue weighted by atomic mass is 16.6. The van der Waals surface area contributed by atoms with E-state index in [9.17, 15) is 14.4 Å². The molecule has 0 atom stereocenters. The Balaban J connectivity index is 1.98. The van der Waals surface area contributed by atoms with E-state index in [1.54, 1.807) is 26.8 Å². The second-order valence-corrected chi connectivity index (χ2v) is 11.5. The molecular weight excluding hydrogens is 472 g/mol. The molecule has 0 saturated heterocycles. The van der Waals surface area contributed by atoms with Gasteiger partial charge in [0, 0.05) is 17.9 Å². The zero-order valence-corrected chi connectivity index (χ0v) is 23.0. The Morgan fingerprint density at radius 3 is 1.97 bits per heavy atom. The lowest BCUT2D eigenvalue weighted by Crippen LogP contribution is -2.43. The lowest BCUT2D eigenvalue weighted by atomic mass is 9.92. The van der Waals surface area contributed by atoms with E-state index in [1.807, 2.05) is 65.0 Å². The van der Waals surface area contributed by atoms with Gasteiger partial charge in [-0.05, 0) is 72.6 Å². The fourth-order valence-corrected chi connectivity index (χ4v) is 3.80. The van der Waals surface area contributed by atoms with Gasteiger partial charge in [0.2, 0.25) is 5.91 Å². The van der Waals surface area contributed by atoms with E-state index in [4.69, 9.17) is 9.47 Å². The van der Waals surface area contributed by atoms with Crippen molar-refractivity contribution in [2.45, 2.75) is 79.1 Å². The summed E-state index contributed by atoms with van der Waals surface area (Å²) in [7, 11) is 0. The number of hydrogen-bond donors (Lipinski definition) is 2. The van der Waals surface area contributed by atoms with Crippen molar-refractivity contribution in [3.8, 4) is 11.1 Å². The van der Waals surface area contributed by atoms with Gasteiger partial charge in [0.25, 0.3) is 0 Å². The van der Waals surface area contributed by atoms with Crippen LogP contribution < -0.4 is 10.6 Å². The van der Waals surface area contributed by atoms with Crippen LogP contribution in [0.5, 0.6) is 0 Å². The predicted molar refractivity (Wildman–Crippen MR) is 144 cm³/mol. The van der Waals surface area contributed by atoms with Crippen LogP contribution in [-0.2, 0) is 19.8 Å². The molecule has 0 aliphatic rings. The van der Waals surface area contributed by atoms with E-state index < -0.39 is 28.9 Å². The van der Waals surface area contributed by atoms with Crippen molar-refractivity contribution in [1.82, 2.24) is 15.1 Å². The van der Waals surface area contributed by atoms with E-state index in [1.165, 1.54) is 17.8 Å². The largest absolute Gasteiger partial charge is 0.444 e. The molecule has 198 valence electrons. The Kier molecular flexibility index (Phi) is 7.40. The molecule has 1 aromatic heterocycles. The highest BCUT2D eigenvalue weighted by molar-refractivity contribution is 6.08. The van der Waals surface area contributed by atoms with Crippen LogP contribution >= 0.6 is 0 Å². The Hall–Kier alpha value is -3.88. The summed E-state index contributed by atoms with van der Waals surface area (Å²) in [5.74, 6) is -0.252. The molecule has 3 aromatic rings. The second-order valence-electron chi connectivity index (χ2n) is 11.5. The van der Waals surface area contributed by atoms with Crippen molar-refractivity contribution in [3.05, 3.63) is 48.2 Å². The topological polar surface area (TPSA) is 112 Å². The first-order chi connectivity index (χ1) is 17.0. The fourth-order valence-electron chi connectivity index (χ4n) is 3.80.